The van der Waals surface area contributed by atoms with E-state index in [1.807, 2.05) is 4.90 Å². The van der Waals surface area contributed by atoms with Crippen LogP contribution in [0.1, 0.15) is 12.0 Å². The number of hydrogen-bond donors (Lipinski definition) is 1. The smallest absolute Gasteiger partial charge is 0.311 e. The van der Waals surface area contributed by atoms with Crippen molar-refractivity contribution in [2.75, 3.05) is 32.8 Å². The molecule has 8 nitrogen and oxygen atoms in total. The molecule has 24 heavy (non-hydrogen) atoms. The van der Waals surface area contributed by atoms with Gasteiger partial charge in [0.2, 0.25) is 5.91 Å². The van der Waals surface area contributed by atoms with Crippen molar-refractivity contribution in [3.63, 3.8) is 0 Å². The Morgan fingerprint density at radius 1 is 1.33 bits per heavy atom. The van der Waals surface area contributed by atoms with Crippen LogP contribution in [0.2, 0.25) is 0 Å². The second-order valence-corrected chi connectivity index (χ2v) is 5.95. The van der Waals surface area contributed by atoms with Crippen LogP contribution in [-0.2, 0) is 4.79 Å². The van der Waals surface area contributed by atoms with Gasteiger partial charge in [-0.15, -0.1) is 0 Å². The zero-order chi connectivity index (χ0) is 17.7. The van der Waals surface area contributed by atoms with E-state index in [9.17, 15) is 14.9 Å². The number of carbonyl (C=O) groups is 1. The van der Waals surface area contributed by atoms with Crippen LogP contribution in [-0.4, -0.2) is 58.5 Å². The molecule has 0 bridgehead atoms. The number of ether oxygens (including phenoxy) is 1. The Morgan fingerprint density at radius 3 is 2.54 bits per heavy atom. The first kappa shape index (κ1) is 17.9. The summed E-state index contributed by atoms with van der Waals surface area (Å²) in [4.78, 5) is 26.3. The summed E-state index contributed by atoms with van der Waals surface area (Å²) in [6.45, 7) is 4.21. The van der Waals surface area contributed by atoms with Gasteiger partial charge in [0, 0.05) is 32.2 Å². The lowest BCUT2D eigenvalue weighted by Gasteiger charge is -2.35. The molecule has 1 saturated heterocycles. The van der Waals surface area contributed by atoms with Crippen molar-refractivity contribution >= 4 is 28.9 Å². The van der Waals surface area contributed by atoms with Crippen LogP contribution in [0.3, 0.4) is 0 Å². The number of benzene rings is 1. The number of nitrogens with zero attached hydrogens (tertiary/aromatic N) is 3. The van der Waals surface area contributed by atoms with Gasteiger partial charge in [-0.3, -0.25) is 14.9 Å². The van der Waals surface area contributed by atoms with E-state index in [-0.39, 0.29) is 30.4 Å². The summed E-state index contributed by atoms with van der Waals surface area (Å²) in [5, 5.41) is 11.4. The number of carbonyl (C=O) groups excluding carboxylic acids is 1. The first-order valence-electron chi connectivity index (χ1n) is 7.58. The van der Waals surface area contributed by atoms with Crippen molar-refractivity contribution in [1.82, 2.24) is 9.80 Å². The van der Waals surface area contributed by atoms with Gasteiger partial charge in [-0.25, -0.2) is 0 Å². The second kappa shape index (κ2) is 7.91. The summed E-state index contributed by atoms with van der Waals surface area (Å²) in [5.41, 5.74) is 6.25. The van der Waals surface area contributed by atoms with E-state index in [0.717, 1.165) is 5.56 Å². The maximum Gasteiger partial charge on any atom is 0.311 e. The average Bonchev–Trinajstić information content (AvgIpc) is 2.56. The molecule has 1 aromatic carbocycles. The fourth-order valence-electron chi connectivity index (χ4n) is 2.47. The van der Waals surface area contributed by atoms with Gasteiger partial charge in [-0.1, -0.05) is 6.07 Å². The topological polar surface area (TPSA) is 102 Å². The Bertz CT molecular complexity index is 644. The van der Waals surface area contributed by atoms with Crippen molar-refractivity contribution in [2.24, 2.45) is 5.73 Å². The molecule has 0 radical (unpaired) electrons. The minimum absolute atomic E-state index is 0.0487. The van der Waals surface area contributed by atoms with Gasteiger partial charge in [0.05, 0.1) is 18.0 Å². The van der Waals surface area contributed by atoms with E-state index in [1.165, 1.54) is 6.07 Å². The number of aryl methyl sites for hydroxylation is 1. The first-order chi connectivity index (χ1) is 11.4. The fraction of sp³-hybridized carbons (Fsp3) is 0.467. The minimum Gasteiger partial charge on any atom is -0.486 e. The van der Waals surface area contributed by atoms with E-state index in [0.29, 0.717) is 31.3 Å². The zero-order valence-electron chi connectivity index (χ0n) is 13.4. The van der Waals surface area contributed by atoms with E-state index in [1.54, 1.807) is 24.0 Å². The molecule has 9 heteroatoms. The van der Waals surface area contributed by atoms with E-state index >= 15 is 0 Å². The SMILES string of the molecule is Cc1ccc(OCCC(=O)N2CCN(C(N)=S)CC2)c([N+](=O)[O-])c1. The van der Waals surface area contributed by atoms with Crippen LogP contribution in [0.4, 0.5) is 5.69 Å². The van der Waals surface area contributed by atoms with Crippen molar-refractivity contribution in [3.8, 4) is 5.75 Å². The molecule has 1 amide bonds. The van der Waals surface area contributed by atoms with Crippen LogP contribution in [0.5, 0.6) is 5.75 Å². The van der Waals surface area contributed by atoms with E-state index in [4.69, 9.17) is 22.7 Å². The molecule has 1 aromatic rings. The Labute approximate surface area is 145 Å². The summed E-state index contributed by atoms with van der Waals surface area (Å²) < 4.78 is 5.43. The maximum absolute atomic E-state index is 12.2. The number of nitrogens with two attached hydrogens (primary N) is 1. The highest BCUT2D eigenvalue weighted by atomic mass is 32.1. The Kier molecular flexibility index (Phi) is 5.91. The first-order valence-corrected chi connectivity index (χ1v) is 7.99. The Hall–Kier alpha value is -2.42. The molecule has 0 unspecified atom stereocenters. The predicted molar refractivity (Wildman–Crippen MR) is 92.9 cm³/mol. The largest absolute Gasteiger partial charge is 0.486 e. The van der Waals surface area contributed by atoms with Gasteiger partial charge >= 0.3 is 5.69 Å². The highest BCUT2D eigenvalue weighted by Gasteiger charge is 2.22. The number of piperazine rings is 1. The summed E-state index contributed by atoms with van der Waals surface area (Å²) in [7, 11) is 0. The third kappa shape index (κ3) is 4.54. The number of amides is 1. The van der Waals surface area contributed by atoms with Crippen LogP contribution in [0.15, 0.2) is 18.2 Å². The normalized spacial score (nSPS) is 14.4. The van der Waals surface area contributed by atoms with Gasteiger partial charge in [-0.2, -0.15) is 0 Å². The molecule has 0 atom stereocenters. The number of thiocarbonyl (C=S) groups is 1. The zero-order valence-corrected chi connectivity index (χ0v) is 14.3. The van der Waals surface area contributed by atoms with Crippen molar-refractivity contribution in [2.45, 2.75) is 13.3 Å². The molecule has 0 spiro atoms. The van der Waals surface area contributed by atoms with Crippen LogP contribution < -0.4 is 10.5 Å². The lowest BCUT2D eigenvalue weighted by atomic mass is 10.2. The van der Waals surface area contributed by atoms with Gasteiger partial charge in [0.15, 0.2) is 10.9 Å². The van der Waals surface area contributed by atoms with Crippen molar-refractivity contribution in [1.29, 1.82) is 0 Å². The van der Waals surface area contributed by atoms with Crippen LogP contribution >= 0.6 is 12.2 Å². The summed E-state index contributed by atoms with van der Waals surface area (Å²) in [6.07, 6.45) is 0.165. The molecule has 0 aliphatic carbocycles. The van der Waals surface area contributed by atoms with Crippen LogP contribution in [0.25, 0.3) is 0 Å². The Morgan fingerprint density at radius 2 is 1.96 bits per heavy atom. The number of rotatable bonds is 5. The standard InChI is InChI=1S/C15H20N4O4S/c1-11-2-3-13(12(10-11)19(21)22)23-9-4-14(20)17-5-7-18(8-6-17)15(16)24/h2-3,10H,4-9H2,1H3,(H2,16,24). The molecule has 0 aromatic heterocycles. The molecule has 2 N–H and O–H groups in total. The number of nitro benzene ring substituents is 1. The average molecular weight is 352 g/mol. The van der Waals surface area contributed by atoms with Crippen LogP contribution in [0, 0.1) is 17.0 Å². The summed E-state index contributed by atoms with van der Waals surface area (Å²) in [5.74, 6) is 0.129. The highest BCUT2D eigenvalue weighted by molar-refractivity contribution is 7.80. The molecule has 2 rings (SSSR count). The third-order valence-corrected chi connectivity index (χ3v) is 4.09. The van der Waals surface area contributed by atoms with Gasteiger partial charge < -0.3 is 20.3 Å². The van der Waals surface area contributed by atoms with E-state index < -0.39 is 4.92 Å². The van der Waals surface area contributed by atoms with Crippen molar-refractivity contribution in [3.05, 3.63) is 33.9 Å². The lowest BCUT2D eigenvalue weighted by Crippen LogP contribution is -2.52. The summed E-state index contributed by atoms with van der Waals surface area (Å²) in [6, 6.07) is 4.74. The van der Waals surface area contributed by atoms with Gasteiger partial charge in [0.25, 0.3) is 0 Å². The number of nitro groups is 1. The summed E-state index contributed by atoms with van der Waals surface area (Å²) >= 11 is 4.91. The molecular formula is C15H20N4O4S. The van der Waals surface area contributed by atoms with Gasteiger partial charge in [0.1, 0.15) is 0 Å². The lowest BCUT2D eigenvalue weighted by molar-refractivity contribution is -0.385. The highest BCUT2D eigenvalue weighted by Crippen LogP contribution is 2.27. The number of hydrogen-bond acceptors (Lipinski definition) is 5. The second-order valence-electron chi connectivity index (χ2n) is 5.53. The molecule has 1 aliphatic heterocycles. The third-order valence-electron chi connectivity index (χ3n) is 3.83. The molecule has 1 heterocycles. The quantitative estimate of drug-likeness (QED) is 0.480. The fourth-order valence-corrected chi connectivity index (χ4v) is 2.66. The molecule has 1 aliphatic rings. The monoisotopic (exact) mass is 352 g/mol. The predicted octanol–water partition coefficient (Wildman–Crippen LogP) is 1.06. The Balaban J connectivity index is 1.83. The minimum atomic E-state index is -0.487. The molecule has 130 valence electrons. The molecular weight excluding hydrogens is 332 g/mol. The van der Waals surface area contributed by atoms with Gasteiger partial charge in [-0.05, 0) is 30.8 Å². The molecule has 1 fully saturated rings. The maximum atomic E-state index is 12.2. The van der Waals surface area contributed by atoms with Crippen molar-refractivity contribution < 1.29 is 14.5 Å². The van der Waals surface area contributed by atoms with E-state index in [2.05, 4.69) is 0 Å². The molecule has 0 saturated carbocycles.